The molecule has 5 rings (SSSR count). The van der Waals surface area contributed by atoms with Gasteiger partial charge < -0.3 is 23.6 Å². The number of aromatic amines is 1. The van der Waals surface area contributed by atoms with E-state index in [0.717, 1.165) is 9.86 Å². The molecular formula is C30H23BrClN3O6. The van der Waals surface area contributed by atoms with Crippen LogP contribution in [0.5, 0.6) is 17.2 Å². The zero-order valence-corrected chi connectivity index (χ0v) is 24.2. The molecule has 0 aliphatic heterocycles. The van der Waals surface area contributed by atoms with Crippen LogP contribution in [-0.2, 0) is 0 Å². The highest BCUT2D eigenvalue weighted by molar-refractivity contribution is 9.10. The average molecular weight is 637 g/mol. The topological polar surface area (TPSA) is 115 Å². The number of nitrogens with zero attached hydrogens (tertiary/aromatic N) is 1. The quantitative estimate of drug-likeness (QED) is 0.0763. The zero-order valence-electron chi connectivity index (χ0n) is 21.9. The molecule has 0 spiro atoms. The van der Waals surface area contributed by atoms with E-state index >= 15 is 0 Å². The summed E-state index contributed by atoms with van der Waals surface area (Å²) in [6.45, 7) is 2.15. The maximum Gasteiger partial charge on any atom is 0.379 e. The molecule has 2 heterocycles. The van der Waals surface area contributed by atoms with Crippen LogP contribution in [0, 0.1) is 0 Å². The predicted molar refractivity (Wildman–Crippen MR) is 159 cm³/mol. The second-order valence-corrected chi connectivity index (χ2v) is 9.82. The molecule has 0 atom stereocenters. The summed E-state index contributed by atoms with van der Waals surface area (Å²) in [6, 6.07) is 18.9. The fourth-order valence-electron chi connectivity index (χ4n) is 4.24. The van der Waals surface area contributed by atoms with E-state index in [-0.39, 0.29) is 17.2 Å². The van der Waals surface area contributed by atoms with Crippen LogP contribution in [0.1, 0.15) is 33.5 Å². The Morgan fingerprint density at radius 2 is 1.88 bits per heavy atom. The summed E-state index contributed by atoms with van der Waals surface area (Å²) in [6.07, 6.45) is 2.84. The highest BCUT2D eigenvalue weighted by atomic mass is 79.9. The number of methoxy groups -OCH3 is 1. The SMILES string of the molecule is CCOc1cc(C=NNC(=O)c2[nH]c3c(OC)ccc(Br)c3c2-c2ccccc2Cl)ccc1OC(=O)c1ccco1. The van der Waals surface area contributed by atoms with Crippen LogP contribution in [0.15, 0.2) is 87.0 Å². The minimum Gasteiger partial charge on any atom is -0.495 e. The van der Waals surface area contributed by atoms with Crippen LogP contribution < -0.4 is 19.6 Å². The van der Waals surface area contributed by atoms with E-state index in [1.165, 1.54) is 18.5 Å². The van der Waals surface area contributed by atoms with Gasteiger partial charge in [0.15, 0.2) is 11.5 Å². The molecule has 2 N–H and O–H groups in total. The molecule has 0 radical (unpaired) electrons. The Morgan fingerprint density at radius 1 is 1.07 bits per heavy atom. The van der Waals surface area contributed by atoms with Crippen molar-refractivity contribution in [1.82, 2.24) is 10.4 Å². The van der Waals surface area contributed by atoms with Gasteiger partial charge in [-0.2, -0.15) is 5.10 Å². The number of hydrogen-bond acceptors (Lipinski definition) is 7. The maximum atomic E-state index is 13.4. The molecule has 0 aliphatic carbocycles. The second-order valence-electron chi connectivity index (χ2n) is 8.56. The first-order valence-corrected chi connectivity index (χ1v) is 13.6. The number of amides is 1. The Balaban J connectivity index is 1.43. The van der Waals surface area contributed by atoms with Crippen LogP contribution in [0.3, 0.4) is 0 Å². The minimum absolute atomic E-state index is 0.0681. The van der Waals surface area contributed by atoms with Crippen molar-refractivity contribution in [3.8, 4) is 28.4 Å². The van der Waals surface area contributed by atoms with Gasteiger partial charge in [-0.3, -0.25) is 4.79 Å². The summed E-state index contributed by atoms with van der Waals surface area (Å²) in [5.41, 5.74) is 5.33. The Morgan fingerprint density at radius 3 is 2.61 bits per heavy atom. The van der Waals surface area contributed by atoms with E-state index < -0.39 is 11.9 Å². The van der Waals surface area contributed by atoms with Gasteiger partial charge in [0.1, 0.15) is 11.4 Å². The molecule has 41 heavy (non-hydrogen) atoms. The minimum atomic E-state index is -0.652. The fraction of sp³-hybridized carbons (Fsp3) is 0.100. The number of carbonyl (C=O) groups excluding carboxylic acids is 2. The first-order chi connectivity index (χ1) is 19.9. The van der Waals surface area contributed by atoms with E-state index in [2.05, 4.69) is 31.4 Å². The van der Waals surface area contributed by atoms with E-state index in [1.54, 1.807) is 43.5 Å². The van der Waals surface area contributed by atoms with Crippen molar-refractivity contribution in [1.29, 1.82) is 0 Å². The van der Waals surface area contributed by atoms with Crippen molar-refractivity contribution in [3.05, 3.63) is 99.5 Å². The van der Waals surface area contributed by atoms with E-state index in [0.29, 0.717) is 45.3 Å². The number of fused-ring (bicyclic) bond motifs is 1. The zero-order chi connectivity index (χ0) is 28.9. The van der Waals surface area contributed by atoms with Crippen molar-refractivity contribution in [3.63, 3.8) is 0 Å². The second kappa shape index (κ2) is 12.3. The first kappa shape index (κ1) is 28.0. The molecule has 1 amide bonds. The Bertz CT molecular complexity index is 1760. The molecule has 5 aromatic rings. The highest BCUT2D eigenvalue weighted by Gasteiger charge is 2.24. The molecule has 0 fully saturated rings. The van der Waals surface area contributed by atoms with E-state index in [9.17, 15) is 9.59 Å². The molecule has 2 aromatic heterocycles. The lowest BCUT2D eigenvalue weighted by Crippen LogP contribution is -2.19. The number of esters is 1. The summed E-state index contributed by atoms with van der Waals surface area (Å²) in [5.74, 6) is 0.0394. The maximum absolute atomic E-state index is 13.4. The number of halogens is 2. The predicted octanol–water partition coefficient (Wildman–Crippen LogP) is 7.23. The summed E-state index contributed by atoms with van der Waals surface area (Å²) >= 11 is 10.1. The number of ether oxygens (including phenoxy) is 3. The lowest BCUT2D eigenvalue weighted by atomic mass is 10.0. The third kappa shape index (κ3) is 5.84. The Hall–Kier alpha value is -4.54. The largest absolute Gasteiger partial charge is 0.495 e. The number of nitrogens with one attached hydrogen (secondary N) is 2. The highest BCUT2D eigenvalue weighted by Crippen LogP contribution is 2.43. The Labute approximate surface area is 248 Å². The molecule has 9 nitrogen and oxygen atoms in total. The molecule has 11 heteroatoms. The average Bonchev–Trinajstić information content (AvgIpc) is 3.65. The Kier molecular flexibility index (Phi) is 8.42. The van der Waals surface area contributed by atoms with E-state index in [1.807, 2.05) is 31.2 Å². The summed E-state index contributed by atoms with van der Waals surface area (Å²) in [7, 11) is 1.56. The van der Waals surface area contributed by atoms with Gasteiger partial charge in [-0.05, 0) is 61.0 Å². The molecule has 3 aromatic carbocycles. The molecule has 0 bridgehead atoms. The summed E-state index contributed by atoms with van der Waals surface area (Å²) in [4.78, 5) is 28.9. The molecule has 0 aliphatic rings. The summed E-state index contributed by atoms with van der Waals surface area (Å²) < 4.78 is 22.4. The normalized spacial score (nSPS) is 11.1. The monoisotopic (exact) mass is 635 g/mol. The molecular weight excluding hydrogens is 614 g/mol. The van der Waals surface area contributed by atoms with Crippen molar-refractivity contribution >= 4 is 56.5 Å². The van der Waals surface area contributed by atoms with Crippen molar-refractivity contribution in [2.45, 2.75) is 6.92 Å². The van der Waals surface area contributed by atoms with Crippen LogP contribution in [0.4, 0.5) is 0 Å². The van der Waals surface area contributed by atoms with E-state index in [4.69, 9.17) is 30.2 Å². The number of rotatable bonds is 9. The number of furan rings is 1. The van der Waals surface area contributed by atoms with Gasteiger partial charge in [-0.25, -0.2) is 10.2 Å². The number of aromatic nitrogens is 1. The third-order valence-electron chi connectivity index (χ3n) is 6.03. The lowest BCUT2D eigenvalue weighted by molar-refractivity contribution is 0.0695. The van der Waals surface area contributed by atoms with Gasteiger partial charge in [0, 0.05) is 26.0 Å². The number of H-pyrrole nitrogens is 1. The fourth-order valence-corrected chi connectivity index (χ4v) is 5.00. The molecule has 0 saturated carbocycles. The lowest BCUT2D eigenvalue weighted by Gasteiger charge is -2.10. The standard InChI is InChI=1S/C30H23BrClN3O6/c1-3-39-24-15-17(10-12-21(24)41-30(37)23-9-6-14-40-23)16-33-35-29(36)28-25(18-7-4-5-8-20(18)32)26-19(31)11-13-22(38-2)27(26)34-28/h4-16,34H,3H2,1-2H3,(H,35,36). The van der Waals surface area contributed by atoms with Crippen molar-refractivity contribution in [2.24, 2.45) is 5.10 Å². The molecule has 0 unspecified atom stereocenters. The van der Waals surface area contributed by atoms with Gasteiger partial charge >= 0.3 is 5.97 Å². The van der Waals surface area contributed by atoms with Gasteiger partial charge in [0.05, 0.1) is 31.7 Å². The van der Waals surface area contributed by atoms with Gasteiger partial charge in [0.25, 0.3) is 5.91 Å². The molecule has 208 valence electrons. The van der Waals surface area contributed by atoms with Crippen molar-refractivity contribution in [2.75, 3.05) is 13.7 Å². The van der Waals surface area contributed by atoms with Crippen LogP contribution in [0.2, 0.25) is 5.02 Å². The van der Waals surface area contributed by atoms with Crippen molar-refractivity contribution < 1.29 is 28.2 Å². The summed E-state index contributed by atoms with van der Waals surface area (Å²) in [5, 5.41) is 5.37. The van der Waals surface area contributed by atoms with Crippen LogP contribution in [0.25, 0.3) is 22.0 Å². The number of carbonyl (C=O) groups is 2. The third-order valence-corrected chi connectivity index (χ3v) is 7.02. The van der Waals surface area contributed by atoms with Crippen LogP contribution in [-0.4, -0.2) is 36.8 Å². The van der Waals surface area contributed by atoms with Gasteiger partial charge in [0.2, 0.25) is 5.76 Å². The van der Waals surface area contributed by atoms with Gasteiger partial charge in [-0.1, -0.05) is 45.7 Å². The number of hydrazone groups is 1. The number of hydrogen-bond donors (Lipinski definition) is 2. The molecule has 0 saturated heterocycles. The number of benzene rings is 3. The van der Waals surface area contributed by atoms with Gasteiger partial charge in [-0.15, -0.1) is 0 Å². The smallest absolute Gasteiger partial charge is 0.379 e. The van der Waals surface area contributed by atoms with Crippen LogP contribution >= 0.6 is 27.5 Å². The first-order valence-electron chi connectivity index (χ1n) is 12.4.